The Bertz CT molecular complexity index is 795. The number of aromatic hydroxyl groups is 2. The number of hydrogen-bond acceptors (Lipinski definition) is 3. The maximum Gasteiger partial charge on any atom is 0.165 e. The predicted octanol–water partition coefficient (Wildman–Crippen LogP) is 5.20. The summed E-state index contributed by atoms with van der Waals surface area (Å²) in [7, 11) is 0. The van der Waals surface area contributed by atoms with E-state index in [0.717, 1.165) is 16.7 Å². The number of phenolic OH excluding ortho intramolecular Hbond substituents is 1. The van der Waals surface area contributed by atoms with Crippen LogP contribution in [0.25, 0.3) is 11.3 Å². The molecule has 0 aliphatic heterocycles. The van der Waals surface area contributed by atoms with Gasteiger partial charge in [0.05, 0.1) is 11.3 Å². The molecule has 0 fully saturated rings. The van der Waals surface area contributed by atoms with Crippen LogP contribution in [-0.4, -0.2) is 21.0 Å². The van der Waals surface area contributed by atoms with Crippen LogP contribution in [0.5, 0.6) is 11.5 Å². The number of aromatic amines is 1. The minimum absolute atomic E-state index is 0.0320. The average molecular weight is 343 g/mol. The highest BCUT2D eigenvalue weighted by molar-refractivity contribution is 6.00. The van der Waals surface area contributed by atoms with Crippen LogP contribution >= 0.6 is 0 Å². The Morgan fingerprint density at radius 3 is 1.68 bits per heavy atom. The number of rotatable bonds is 2. The second kappa shape index (κ2) is 5.94. The zero-order valence-corrected chi connectivity index (χ0v) is 16.5. The van der Waals surface area contributed by atoms with E-state index in [-0.39, 0.29) is 22.4 Å². The smallest absolute Gasteiger partial charge is 0.165 e. The lowest BCUT2D eigenvalue weighted by atomic mass is 9.78. The Morgan fingerprint density at radius 1 is 0.920 bits per heavy atom. The van der Waals surface area contributed by atoms with Crippen molar-refractivity contribution in [1.82, 2.24) is 4.98 Å². The van der Waals surface area contributed by atoms with Crippen LogP contribution < -0.4 is 0 Å². The van der Waals surface area contributed by atoms with Gasteiger partial charge in [0, 0.05) is 22.4 Å². The maximum atomic E-state index is 11.8. The molecule has 136 valence electrons. The van der Waals surface area contributed by atoms with Gasteiger partial charge in [0.25, 0.3) is 0 Å². The van der Waals surface area contributed by atoms with Gasteiger partial charge >= 0.3 is 0 Å². The summed E-state index contributed by atoms with van der Waals surface area (Å²) in [6.45, 7) is 15.5. The van der Waals surface area contributed by atoms with Crippen LogP contribution in [0.15, 0.2) is 12.1 Å². The van der Waals surface area contributed by atoms with Gasteiger partial charge < -0.3 is 15.2 Å². The first kappa shape index (κ1) is 19.1. The van der Waals surface area contributed by atoms with Gasteiger partial charge in [-0.3, -0.25) is 4.79 Å². The SMILES string of the molecule is CC(=O)c1c(C)[nH]c(-c2cc(C(C)(C)C)c(O)c(C(C)(C)C)c2)c1O. The maximum absolute atomic E-state index is 11.8. The molecule has 0 unspecified atom stereocenters. The predicted molar refractivity (Wildman–Crippen MR) is 102 cm³/mol. The summed E-state index contributed by atoms with van der Waals surface area (Å²) in [5.74, 6) is 0.0806. The number of carbonyl (C=O) groups excluding carboxylic acids is 1. The first-order valence-electron chi connectivity index (χ1n) is 8.56. The van der Waals surface area contributed by atoms with Gasteiger partial charge in [-0.25, -0.2) is 0 Å². The molecule has 0 bridgehead atoms. The number of carbonyl (C=O) groups is 1. The van der Waals surface area contributed by atoms with E-state index in [1.807, 2.05) is 53.7 Å². The van der Waals surface area contributed by atoms with Gasteiger partial charge in [-0.15, -0.1) is 0 Å². The minimum Gasteiger partial charge on any atom is -0.507 e. The normalized spacial score (nSPS) is 12.5. The molecule has 1 aromatic heterocycles. The Kier molecular flexibility index (Phi) is 4.54. The number of H-pyrrole nitrogens is 1. The topological polar surface area (TPSA) is 73.3 Å². The molecule has 25 heavy (non-hydrogen) atoms. The fourth-order valence-corrected chi connectivity index (χ4v) is 3.17. The highest BCUT2D eigenvalue weighted by atomic mass is 16.3. The highest BCUT2D eigenvalue weighted by Crippen LogP contribution is 2.44. The van der Waals surface area contributed by atoms with E-state index >= 15 is 0 Å². The number of hydrogen-bond donors (Lipinski definition) is 3. The van der Waals surface area contributed by atoms with Crippen LogP contribution in [0.2, 0.25) is 0 Å². The zero-order chi connectivity index (χ0) is 19.3. The van der Waals surface area contributed by atoms with E-state index in [0.29, 0.717) is 22.7 Å². The van der Waals surface area contributed by atoms with Gasteiger partial charge in [0.2, 0.25) is 0 Å². The van der Waals surface area contributed by atoms with Crippen molar-refractivity contribution in [2.24, 2.45) is 0 Å². The summed E-state index contributed by atoms with van der Waals surface area (Å²) in [6, 6.07) is 3.78. The number of Topliss-reactive ketones (excluding diaryl/α,β-unsaturated/α-hetero) is 1. The van der Waals surface area contributed by atoms with Crippen LogP contribution in [0.1, 0.15) is 75.6 Å². The number of nitrogens with one attached hydrogen (secondary N) is 1. The molecule has 0 radical (unpaired) electrons. The molecule has 1 heterocycles. The lowest BCUT2D eigenvalue weighted by molar-refractivity contribution is 0.101. The molecular formula is C21H29NO3. The minimum atomic E-state index is -0.263. The molecule has 0 saturated carbocycles. The standard InChI is InChI=1S/C21H29NO3/c1-11-16(12(2)23)19(25)17(22-11)13-9-14(20(3,4)5)18(24)15(10-13)21(6,7)8/h9-10,22,24-25H,1-8H3. The molecule has 0 aliphatic carbocycles. The molecule has 2 rings (SSSR count). The molecule has 3 N–H and O–H groups in total. The van der Waals surface area contributed by atoms with Crippen molar-refractivity contribution in [2.45, 2.75) is 66.2 Å². The van der Waals surface area contributed by atoms with E-state index in [9.17, 15) is 15.0 Å². The molecule has 0 spiro atoms. The summed E-state index contributed by atoms with van der Waals surface area (Å²) >= 11 is 0. The lowest BCUT2D eigenvalue weighted by Gasteiger charge is -2.28. The van der Waals surface area contributed by atoms with Crippen LogP contribution in [0, 0.1) is 6.92 Å². The van der Waals surface area contributed by atoms with Gasteiger partial charge in [-0.1, -0.05) is 41.5 Å². The number of ketones is 1. The largest absolute Gasteiger partial charge is 0.507 e. The van der Waals surface area contributed by atoms with Crippen LogP contribution in [0.3, 0.4) is 0 Å². The summed E-state index contributed by atoms with van der Waals surface area (Å²) in [5.41, 5.74) is 3.33. The third-order valence-corrected chi connectivity index (χ3v) is 4.53. The molecule has 1 aromatic carbocycles. The summed E-state index contributed by atoms with van der Waals surface area (Å²) in [4.78, 5) is 15.0. The van der Waals surface area contributed by atoms with Gasteiger partial charge in [0.1, 0.15) is 5.75 Å². The highest BCUT2D eigenvalue weighted by Gasteiger charge is 2.28. The third-order valence-electron chi connectivity index (χ3n) is 4.53. The van der Waals surface area contributed by atoms with Crippen molar-refractivity contribution in [3.05, 3.63) is 34.5 Å². The van der Waals surface area contributed by atoms with Crippen molar-refractivity contribution >= 4 is 5.78 Å². The van der Waals surface area contributed by atoms with Crippen molar-refractivity contribution in [1.29, 1.82) is 0 Å². The van der Waals surface area contributed by atoms with Crippen molar-refractivity contribution in [3.8, 4) is 22.8 Å². The van der Waals surface area contributed by atoms with Crippen molar-refractivity contribution in [3.63, 3.8) is 0 Å². The van der Waals surface area contributed by atoms with Gasteiger partial charge in [-0.2, -0.15) is 0 Å². The number of aromatic nitrogens is 1. The summed E-state index contributed by atoms with van der Waals surface area (Å²) < 4.78 is 0. The van der Waals surface area contributed by atoms with E-state index in [2.05, 4.69) is 4.98 Å². The molecule has 0 saturated heterocycles. The Labute approximate surface area is 149 Å². The molecular weight excluding hydrogens is 314 g/mol. The quantitative estimate of drug-likeness (QED) is 0.656. The lowest BCUT2D eigenvalue weighted by Crippen LogP contribution is -2.17. The van der Waals surface area contributed by atoms with E-state index in [1.165, 1.54) is 6.92 Å². The zero-order valence-electron chi connectivity index (χ0n) is 16.5. The molecule has 2 aromatic rings. The Hall–Kier alpha value is -2.23. The first-order chi connectivity index (χ1) is 11.2. The van der Waals surface area contributed by atoms with E-state index in [1.54, 1.807) is 6.92 Å². The Balaban J connectivity index is 2.84. The van der Waals surface area contributed by atoms with Gasteiger partial charge in [0.15, 0.2) is 11.5 Å². The number of phenols is 1. The molecule has 4 nitrogen and oxygen atoms in total. The van der Waals surface area contributed by atoms with Gasteiger partial charge in [-0.05, 0) is 36.8 Å². The van der Waals surface area contributed by atoms with Crippen LogP contribution in [0.4, 0.5) is 0 Å². The number of benzene rings is 1. The fourth-order valence-electron chi connectivity index (χ4n) is 3.17. The van der Waals surface area contributed by atoms with Crippen molar-refractivity contribution in [2.75, 3.05) is 0 Å². The molecule has 0 amide bonds. The molecule has 0 aliphatic rings. The molecule has 4 heteroatoms. The summed E-state index contributed by atoms with van der Waals surface area (Å²) in [6.07, 6.45) is 0. The Morgan fingerprint density at radius 2 is 1.36 bits per heavy atom. The fraction of sp³-hybridized carbons (Fsp3) is 0.476. The monoisotopic (exact) mass is 343 g/mol. The van der Waals surface area contributed by atoms with E-state index in [4.69, 9.17) is 0 Å². The third kappa shape index (κ3) is 3.44. The summed E-state index contributed by atoms with van der Waals surface area (Å²) in [5, 5.41) is 21.4. The first-order valence-corrected chi connectivity index (χ1v) is 8.56. The van der Waals surface area contributed by atoms with Crippen LogP contribution in [-0.2, 0) is 10.8 Å². The second-order valence-electron chi connectivity index (χ2n) is 8.82. The average Bonchev–Trinajstić information content (AvgIpc) is 2.71. The number of aryl methyl sites for hydroxylation is 1. The molecule has 0 atom stereocenters. The second-order valence-corrected chi connectivity index (χ2v) is 8.82. The van der Waals surface area contributed by atoms with E-state index < -0.39 is 0 Å². The van der Waals surface area contributed by atoms with Crippen molar-refractivity contribution < 1.29 is 15.0 Å².